The van der Waals surface area contributed by atoms with Crippen molar-refractivity contribution in [1.29, 1.82) is 0 Å². The number of piperidine rings is 1. The zero-order chi connectivity index (χ0) is 27.4. The second-order valence-corrected chi connectivity index (χ2v) is 9.54. The van der Waals surface area contributed by atoms with E-state index in [-0.39, 0.29) is 24.1 Å². The molecule has 11 heteroatoms. The number of imidazole rings is 1. The molecule has 1 aliphatic heterocycles. The molecule has 5 rings (SSSR count). The number of nitrogens with one attached hydrogen (secondary N) is 1. The fourth-order valence-electron chi connectivity index (χ4n) is 5.00. The first-order chi connectivity index (χ1) is 18.9. The van der Waals surface area contributed by atoms with Crippen molar-refractivity contribution in [2.75, 3.05) is 36.5 Å². The van der Waals surface area contributed by atoms with E-state index in [1.165, 1.54) is 29.0 Å². The van der Waals surface area contributed by atoms with E-state index in [1.54, 1.807) is 19.1 Å². The zero-order valence-electron chi connectivity index (χ0n) is 22.1. The number of hydrogen-bond donors (Lipinski definition) is 1. The molecule has 0 radical (unpaired) electrons. The van der Waals surface area contributed by atoms with Crippen molar-refractivity contribution in [2.24, 2.45) is 0 Å². The summed E-state index contributed by atoms with van der Waals surface area (Å²) in [5.41, 5.74) is 2.65. The van der Waals surface area contributed by atoms with Crippen LogP contribution in [-0.4, -0.2) is 57.9 Å². The first-order valence-electron chi connectivity index (χ1n) is 13.1. The van der Waals surface area contributed by atoms with Gasteiger partial charge in [0, 0.05) is 45.0 Å². The summed E-state index contributed by atoms with van der Waals surface area (Å²) in [7, 11) is 1.91. The van der Waals surface area contributed by atoms with Gasteiger partial charge < -0.3 is 24.4 Å². The Bertz CT molecular complexity index is 1490. The minimum Gasteiger partial charge on any atom is -0.428 e. The summed E-state index contributed by atoms with van der Waals surface area (Å²) in [6.45, 7) is 4.11. The molecule has 0 unspecified atom stereocenters. The molecule has 1 amide bonds. The number of alkyl carbamates (subject to hydrolysis) is 1. The predicted molar refractivity (Wildman–Crippen MR) is 148 cm³/mol. The lowest BCUT2D eigenvalue weighted by molar-refractivity contribution is 0.112. The smallest absolute Gasteiger partial charge is 0.408 e. The van der Waals surface area contributed by atoms with Crippen LogP contribution in [0.3, 0.4) is 0 Å². The number of aromatic nitrogens is 4. The van der Waals surface area contributed by atoms with E-state index in [2.05, 4.69) is 25.8 Å². The molecule has 204 valence electrons. The van der Waals surface area contributed by atoms with Crippen LogP contribution in [-0.2, 0) is 18.0 Å². The molecule has 1 N–H and O–H groups in total. The average Bonchev–Trinajstić information content (AvgIpc) is 3.31. The number of carbonyl (C=O) groups excluding carboxylic acids is 1. The Kier molecular flexibility index (Phi) is 7.76. The highest BCUT2D eigenvalue weighted by molar-refractivity contribution is 5.79. The topological polar surface area (TPSA) is 97.5 Å². The second kappa shape index (κ2) is 11.5. The van der Waals surface area contributed by atoms with Gasteiger partial charge in [0.2, 0.25) is 11.9 Å². The summed E-state index contributed by atoms with van der Waals surface area (Å²) in [6, 6.07) is 16.1. The molecule has 39 heavy (non-hydrogen) atoms. The number of fused-ring (bicyclic) bond motifs is 1. The first-order valence-corrected chi connectivity index (χ1v) is 13.1. The van der Waals surface area contributed by atoms with Crippen LogP contribution in [0.2, 0.25) is 0 Å². The van der Waals surface area contributed by atoms with Gasteiger partial charge in [-0.3, -0.25) is 4.79 Å². The van der Waals surface area contributed by atoms with Gasteiger partial charge in [-0.25, -0.2) is 23.7 Å². The molecule has 10 nitrogen and oxygen atoms in total. The Morgan fingerprint density at radius 2 is 1.85 bits per heavy atom. The summed E-state index contributed by atoms with van der Waals surface area (Å²) < 4.78 is 22.2. The van der Waals surface area contributed by atoms with Crippen LogP contribution in [0.4, 0.5) is 21.1 Å². The van der Waals surface area contributed by atoms with Gasteiger partial charge in [0.15, 0.2) is 6.73 Å². The maximum atomic E-state index is 13.5. The third-order valence-corrected chi connectivity index (χ3v) is 7.06. The molecule has 4 aromatic rings. The highest BCUT2D eigenvalue weighted by Crippen LogP contribution is 2.28. The summed E-state index contributed by atoms with van der Waals surface area (Å²) in [4.78, 5) is 38.0. The fraction of sp³-hybridized carbons (Fsp3) is 0.357. The number of para-hydroxylation sites is 2. The molecule has 2 aromatic heterocycles. The maximum Gasteiger partial charge on any atom is 0.408 e. The lowest BCUT2D eigenvalue weighted by Gasteiger charge is -2.38. The summed E-state index contributed by atoms with van der Waals surface area (Å²) >= 11 is 0. The van der Waals surface area contributed by atoms with Crippen molar-refractivity contribution < 1.29 is 13.9 Å². The maximum absolute atomic E-state index is 13.5. The Hall–Kier alpha value is -4.41. The molecule has 0 spiro atoms. The molecule has 0 atom stereocenters. The van der Waals surface area contributed by atoms with E-state index in [0.29, 0.717) is 19.0 Å². The van der Waals surface area contributed by atoms with Gasteiger partial charge in [0.1, 0.15) is 5.82 Å². The molecule has 3 heterocycles. The third-order valence-electron chi connectivity index (χ3n) is 7.06. The molecule has 2 aromatic carbocycles. The average molecular weight is 534 g/mol. The van der Waals surface area contributed by atoms with Gasteiger partial charge >= 0.3 is 6.09 Å². The number of anilines is 2. The lowest BCUT2D eigenvalue weighted by atomic mass is 10.0. The molecular weight excluding hydrogens is 501 g/mol. The normalized spacial score (nSPS) is 14.0. The van der Waals surface area contributed by atoms with Crippen LogP contribution in [0.1, 0.15) is 25.3 Å². The van der Waals surface area contributed by atoms with Gasteiger partial charge in [0.25, 0.3) is 5.56 Å². The fourth-order valence-corrected chi connectivity index (χ4v) is 5.00. The molecule has 0 aliphatic carbocycles. The van der Waals surface area contributed by atoms with Gasteiger partial charge in [-0.15, -0.1) is 0 Å². The van der Waals surface area contributed by atoms with Crippen LogP contribution >= 0.6 is 0 Å². The van der Waals surface area contributed by atoms with E-state index in [4.69, 9.17) is 9.72 Å². The Morgan fingerprint density at radius 1 is 1.10 bits per heavy atom. The van der Waals surface area contributed by atoms with Crippen molar-refractivity contribution in [3.8, 4) is 0 Å². The zero-order valence-corrected chi connectivity index (χ0v) is 22.1. The molecule has 1 aliphatic rings. The Labute approximate surface area is 225 Å². The standard InChI is InChI=1S/C28H32FN7O3/c1-3-30-28(38)39-19-36-25(37)12-15-31-26(36)33(2)22-13-16-34(17-14-22)27-32-23-6-4-5-7-24(23)35(27)18-20-8-10-21(29)11-9-20/h4-12,15,22H,3,13-14,16-19H2,1-2H3,(H,30,38). The van der Waals surface area contributed by atoms with Crippen molar-refractivity contribution in [2.45, 2.75) is 39.1 Å². The molecular formula is C28H32FN7O3. The number of amides is 1. The van der Waals surface area contributed by atoms with E-state index in [0.717, 1.165) is 48.5 Å². The quantitative estimate of drug-likeness (QED) is 0.370. The minimum absolute atomic E-state index is 0.126. The Balaban J connectivity index is 1.33. The van der Waals surface area contributed by atoms with Gasteiger partial charge in [-0.2, -0.15) is 0 Å². The number of carbonyl (C=O) groups is 1. The number of benzene rings is 2. The molecule has 0 bridgehead atoms. The SMILES string of the molecule is CCNC(=O)OCn1c(N(C)C2CCN(c3nc4ccccc4n3Cc3ccc(F)cc3)CC2)nccc1=O. The number of rotatable bonds is 8. The highest BCUT2D eigenvalue weighted by Gasteiger charge is 2.28. The van der Waals surface area contributed by atoms with Crippen molar-refractivity contribution in [1.82, 2.24) is 24.4 Å². The monoisotopic (exact) mass is 533 g/mol. The van der Waals surface area contributed by atoms with Crippen LogP contribution in [0, 0.1) is 5.82 Å². The summed E-state index contributed by atoms with van der Waals surface area (Å²) in [6.07, 6.45) is 2.53. The van der Waals surface area contributed by atoms with Gasteiger partial charge in [-0.05, 0) is 49.6 Å². The van der Waals surface area contributed by atoms with Crippen LogP contribution in [0.25, 0.3) is 11.0 Å². The summed E-state index contributed by atoms with van der Waals surface area (Å²) in [5.74, 6) is 1.08. The number of hydrogen-bond acceptors (Lipinski definition) is 7. The van der Waals surface area contributed by atoms with Crippen LogP contribution in [0.5, 0.6) is 0 Å². The molecule has 1 fully saturated rings. The highest BCUT2D eigenvalue weighted by atomic mass is 19.1. The molecule has 0 saturated carbocycles. The van der Waals surface area contributed by atoms with E-state index in [1.807, 2.05) is 30.1 Å². The molecule has 1 saturated heterocycles. The first kappa shape index (κ1) is 26.2. The van der Waals surface area contributed by atoms with Crippen molar-refractivity contribution in [3.63, 3.8) is 0 Å². The Morgan fingerprint density at radius 3 is 2.59 bits per heavy atom. The van der Waals surface area contributed by atoms with E-state index >= 15 is 0 Å². The predicted octanol–water partition coefficient (Wildman–Crippen LogP) is 3.59. The van der Waals surface area contributed by atoms with Crippen molar-refractivity contribution in [3.05, 3.63) is 82.5 Å². The van der Waals surface area contributed by atoms with E-state index in [9.17, 15) is 14.0 Å². The number of halogens is 1. The van der Waals surface area contributed by atoms with Gasteiger partial charge in [-0.1, -0.05) is 24.3 Å². The second-order valence-electron chi connectivity index (χ2n) is 9.54. The van der Waals surface area contributed by atoms with Crippen LogP contribution < -0.4 is 20.7 Å². The van der Waals surface area contributed by atoms with Crippen molar-refractivity contribution >= 4 is 29.0 Å². The largest absolute Gasteiger partial charge is 0.428 e. The number of nitrogens with zero attached hydrogens (tertiary/aromatic N) is 6. The number of ether oxygens (including phenoxy) is 1. The van der Waals surface area contributed by atoms with E-state index < -0.39 is 6.09 Å². The minimum atomic E-state index is -0.585. The third kappa shape index (κ3) is 5.71. The summed E-state index contributed by atoms with van der Waals surface area (Å²) in [5, 5.41) is 2.56. The van der Waals surface area contributed by atoms with Gasteiger partial charge in [0.05, 0.1) is 17.6 Å². The lowest BCUT2D eigenvalue weighted by Crippen LogP contribution is -2.46. The van der Waals surface area contributed by atoms with Crippen LogP contribution in [0.15, 0.2) is 65.6 Å².